The summed E-state index contributed by atoms with van der Waals surface area (Å²) in [6.45, 7) is 0. The highest BCUT2D eigenvalue weighted by Gasteiger charge is 2.29. The van der Waals surface area contributed by atoms with E-state index in [1.54, 1.807) is 18.6 Å². The molecule has 0 atom stereocenters. The number of hydrogen-bond acceptors (Lipinski definition) is 5. The quantitative estimate of drug-likeness (QED) is 0.411. The van der Waals surface area contributed by atoms with Crippen LogP contribution < -0.4 is 5.32 Å². The Bertz CT molecular complexity index is 1180. The van der Waals surface area contributed by atoms with Crippen LogP contribution in [-0.2, 0) is 11.0 Å². The number of rotatable bonds is 6. The van der Waals surface area contributed by atoms with Crippen LogP contribution in [0.25, 0.3) is 16.9 Å². The second kappa shape index (κ2) is 9.23. The normalized spacial score (nSPS) is 11.3. The summed E-state index contributed by atoms with van der Waals surface area (Å²) in [7, 11) is 0. The molecule has 2 aromatic heterocycles. The average molecular weight is 455 g/mol. The number of amides is 1. The fourth-order valence-electron chi connectivity index (χ4n) is 2.85. The van der Waals surface area contributed by atoms with Gasteiger partial charge in [-0.25, -0.2) is 4.98 Å². The van der Waals surface area contributed by atoms with Crippen molar-refractivity contribution in [1.82, 2.24) is 19.7 Å². The van der Waals surface area contributed by atoms with Crippen LogP contribution in [0.3, 0.4) is 0 Å². The van der Waals surface area contributed by atoms with Crippen LogP contribution in [-0.4, -0.2) is 31.4 Å². The summed E-state index contributed by atoms with van der Waals surface area (Å²) in [6.07, 6.45) is 0.869. The van der Waals surface area contributed by atoms with Crippen LogP contribution in [0.1, 0.15) is 5.56 Å². The number of imidazole rings is 1. The molecule has 0 aliphatic carbocycles. The van der Waals surface area contributed by atoms with E-state index in [0.29, 0.717) is 16.4 Å². The first-order chi connectivity index (χ1) is 15.4. The van der Waals surface area contributed by atoms with Crippen molar-refractivity contribution in [3.63, 3.8) is 0 Å². The number of nitrogens with zero attached hydrogens (tertiary/aromatic N) is 4. The molecule has 4 rings (SSSR count). The van der Waals surface area contributed by atoms with Crippen LogP contribution in [0.2, 0.25) is 0 Å². The molecule has 0 aliphatic heterocycles. The maximum Gasteiger partial charge on any atom is 0.416 e. The Balaban J connectivity index is 1.31. The highest BCUT2D eigenvalue weighted by Crippen LogP contribution is 2.30. The van der Waals surface area contributed by atoms with E-state index in [0.717, 1.165) is 23.4 Å². The standard InChI is InChI=1S/C22H16F3N5OS/c23-22(24,25)16-3-5-17(6-4-16)27-20(31)13-32-21-10-9-19(28-29-21)15-1-7-18(8-2-15)30-12-11-26-14-30/h1-12,14H,13H2,(H,27,31). The van der Waals surface area contributed by atoms with Crippen LogP contribution in [0, 0.1) is 0 Å². The predicted octanol–water partition coefficient (Wildman–Crippen LogP) is 5.08. The molecule has 4 aromatic rings. The van der Waals surface area contributed by atoms with E-state index in [1.807, 2.05) is 41.1 Å². The summed E-state index contributed by atoms with van der Waals surface area (Å²) in [5.41, 5.74) is 2.10. The molecular weight excluding hydrogens is 439 g/mol. The van der Waals surface area contributed by atoms with Gasteiger partial charge in [-0.15, -0.1) is 10.2 Å². The van der Waals surface area contributed by atoms with E-state index >= 15 is 0 Å². The van der Waals surface area contributed by atoms with Gasteiger partial charge in [0.15, 0.2) is 0 Å². The number of hydrogen-bond donors (Lipinski definition) is 1. The van der Waals surface area contributed by atoms with Crippen molar-refractivity contribution >= 4 is 23.4 Å². The number of carbonyl (C=O) groups is 1. The van der Waals surface area contributed by atoms with Gasteiger partial charge in [-0.1, -0.05) is 23.9 Å². The Morgan fingerprint density at radius 3 is 2.31 bits per heavy atom. The van der Waals surface area contributed by atoms with Crippen molar-refractivity contribution in [1.29, 1.82) is 0 Å². The van der Waals surface area contributed by atoms with Crippen molar-refractivity contribution in [3.05, 3.63) is 84.9 Å². The van der Waals surface area contributed by atoms with Gasteiger partial charge in [0.25, 0.3) is 0 Å². The minimum absolute atomic E-state index is 0.0502. The molecule has 0 saturated heterocycles. The number of benzene rings is 2. The third-order valence-corrected chi connectivity index (χ3v) is 5.37. The lowest BCUT2D eigenvalue weighted by Gasteiger charge is -2.08. The molecule has 0 spiro atoms. The molecule has 2 aromatic carbocycles. The number of nitrogens with one attached hydrogen (secondary N) is 1. The Hall–Kier alpha value is -3.66. The van der Waals surface area contributed by atoms with Crippen molar-refractivity contribution in [3.8, 4) is 16.9 Å². The van der Waals surface area contributed by atoms with Crippen LogP contribution in [0.5, 0.6) is 0 Å². The van der Waals surface area contributed by atoms with Gasteiger partial charge in [0.2, 0.25) is 5.91 Å². The smallest absolute Gasteiger partial charge is 0.325 e. The summed E-state index contributed by atoms with van der Waals surface area (Å²) in [5.74, 6) is -0.301. The first-order valence-electron chi connectivity index (χ1n) is 9.41. The molecule has 2 heterocycles. The van der Waals surface area contributed by atoms with Crippen molar-refractivity contribution in [2.45, 2.75) is 11.2 Å². The summed E-state index contributed by atoms with van der Waals surface area (Å²) in [4.78, 5) is 16.1. The van der Waals surface area contributed by atoms with Gasteiger partial charge in [-0.3, -0.25) is 4.79 Å². The topological polar surface area (TPSA) is 72.7 Å². The zero-order valence-corrected chi connectivity index (χ0v) is 17.3. The number of alkyl halides is 3. The minimum Gasteiger partial charge on any atom is -0.325 e. The molecule has 6 nitrogen and oxygen atoms in total. The molecule has 0 saturated carbocycles. The largest absolute Gasteiger partial charge is 0.416 e. The van der Waals surface area contributed by atoms with Gasteiger partial charge in [0, 0.05) is 29.3 Å². The number of halogens is 3. The fraction of sp³-hybridized carbons (Fsp3) is 0.0909. The van der Waals surface area contributed by atoms with Gasteiger partial charge in [-0.05, 0) is 48.5 Å². The average Bonchev–Trinajstić information content (AvgIpc) is 3.33. The molecule has 0 bridgehead atoms. The SMILES string of the molecule is O=C(CSc1ccc(-c2ccc(-n3ccnc3)cc2)nn1)Nc1ccc(C(F)(F)F)cc1. The molecule has 0 radical (unpaired) electrons. The molecule has 32 heavy (non-hydrogen) atoms. The summed E-state index contributed by atoms with van der Waals surface area (Å²) < 4.78 is 39.7. The molecule has 0 aliphatic rings. The Labute approximate surface area is 185 Å². The molecule has 0 unspecified atom stereocenters. The maximum atomic E-state index is 12.6. The first-order valence-corrected chi connectivity index (χ1v) is 10.4. The van der Waals surface area contributed by atoms with Gasteiger partial charge < -0.3 is 9.88 Å². The predicted molar refractivity (Wildman–Crippen MR) is 115 cm³/mol. The number of aromatic nitrogens is 4. The van der Waals surface area contributed by atoms with Crippen LogP contribution in [0.4, 0.5) is 18.9 Å². The Morgan fingerprint density at radius 1 is 0.969 bits per heavy atom. The minimum atomic E-state index is -4.41. The molecule has 162 valence electrons. The summed E-state index contributed by atoms with van der Waals surface area (Å²) >= 11 is 1.18. The number of thioether (sulfide) groups is 1. The first kappa shape index (κ1) is 21.6. The summed E-state index contributed by atoms with van der Waals surface area (Å²) in [5, 5.41) is 11.5. The van der Waals surface area contributed by atoms with E-state index in [1.165, 1.54) is 23.9 Å². The van der Waals surface area contributed by atoms with Gasteiger partial charge in [0.1, 0.15) is 5.03 Å². The monoisotopic (exact) mass is 455 g/mol. The number of carbonyl (C=O) groups excluding carboxylic acids is 1. The highest BCUT2D eigenvalue weighted by atomic mass is 32.2. The molecule has 0 fully saturated rings. The zero-order chi connectivity index (χ0) is 22.6. The lowest BCUT2D eigenvalue weighted by molar-refractivity contribution is -0.137. The zero-order valence-electron chi connectivity index (χ0n) is 16.5. The molecule has 10 heteroatoms. The van der Waals surface area contributed by atoms with Crippen molar-refractivity contribution < 1.29 is 18.0 Å². The third kappa shape index (κ3) is 5.33. The van der Waals surface area contributed by atoms with Gasteiger partial charge in [0.05, 0.1) is 23.3 Å². The van der Waals surface area contributed by atoms with Crippen molar-refractivity contribution in [2.24, 2.45) is 0 Å². The molecule has 1 N–H and O–H groups in total. The second-order valence-electron chi connectivity index (χ2n) is 6.69. The second-order valence-corrected chi connectivity index (χ2v) is 7.68. The Kier molecular flexibility index (Phi) is 6.22. The van der Waals surface area contributed by atoms with Gasteiger partial charge in [-0.2, -0.15) is 13.2 Å². The fourth-order valence-corrected chi connectivity index (χ4v) is 3.46. The summed E-state index contributed by atoms with van der Waals surface area (Å²) in [6, 6.07) is 15.6. The van der Waals surface area contributed by atoms with E-state index in [9.17, 15) is 18.0 Å². The van der Waals surface area contributed by atoms with E-state index in [2.05, 4.69) is 20.5 Å². The van der Waals surface area contributed by atoms with E-state index in [-0.39, 0.29) is 11.7 Å². The number of anilines is 1. The lowest BCUT2D eigenvalue weighted by Crippen LogP contribution is -2.14. The maximum absolute atomic E-state index is 12.6. The van der Waals surface area contributed by atoms with E-state index < -0.39 is 11.7 Å². The van der Waals surface area contributed by atoms with Crippen molar-refractivity contribution in [2.75, 3.05) is 11.1 Å². The Morgan fingerprint density at radius 2 is 1.72 bits per heavy atom. The molecule has 1 amide bonds. The lowest BCUT2D eigenvalue weighted by atomic mass is 10.1. The van der Waals surface area contributed by atoms with Gasteiger partial charge >= 0.3 is 6.18 Å². The third-order valence-electron chi connectivity index (χ3n) is 4.45. The highest BCUT2D eigenvalue weighted by molar-refractivity contribution is 7.99. The van der Waals surface area contributed by atoms with Crippen LogP contribution >= 0.6 is 11.8 Å². The van der Waals surface area contributed by atoms with Crippen LogP contribution in [0.15, 0.2) is 84.4 Å². The molecular formula is C22H16F3N5OS. The van der Waals surface area contributed by atoms with E-state index in [4.69, 9.17) is 0 Å².